The number of rotatable bonds is 6. The van der Waals surface area contributed by atoms with Gasteiger partial charge in [-0.15, -0.1) is 28.1 Å². The average molecular weight is 335 g/mol. The van der Waals surface area contributed by atoms with Crippen LogP contribution in [-0.2, 0) is 6.42 Å². The van der Waals surface area contributed by atoms with Crippen LogP contribution in [0.25, 0.3) is 10.2 Å². The minimum absolute atomic E-state index is 0.682. The van der Waals surface area contributed by atoms with E-state index in [-0.39, 0.29) is 0 Å². The van der Waals surface area contributed by atoms with Crippen molar-refractivity contribution in [1.29, 1.82) is 0 Å². The first-order chi connectivity index (χ1) is 10.3. The van der Waals surface area contributed by atoms with E-state index in [1.54, 1.807) is 23.7 Å². The van der Waals surface area contributed by atoms with Crippen molar-refractivity contribution in [3.05, 3.63) is 29.9 Å². The van der Waals surface area contributed by atoms with Gasteiger partial charge in [0.1, 0.15) is 16.2 Å². The standard InChI is InChI=1S/C13H13N5S3/c1-3-5-14-12-17-18-13(21-12)20-11-9-6-8(4-2)19-10(9)15-7-16-11/h3,6-7H,1,4-5H2,2H3,(H,14,17). The molecule has 5 nitrogen and oxygen atoms in total. The first-order valence-electron chi connectivity index (χ1n) is 6.39. The highest BCUT2D eigenvalue weighted by atomic mass is 32.2. The van der Waals surface area contributed by atoms with Gasteiger partial charge in [-0.25, -0.2) is 9.97 Å². The molecule has 0 spiro atoms. The lowest BCUT2D eigenvalue weighted by Crippen LogP contribution is -1.96. The molecular formula is C13H13N5S3. The summed E-state index contributed by atoms with van der Waals surface area (Å²) in [5, 5.41) is 14.2. The normalized spacial score (nSPS) is 10.9. The summed E-state index contributed by atoms with van der Waals surface area (Å²) < 4.78 is 0.866. The maximum Gasteiger partial charge on any atom is 0.206 e. The van der Waals surface area contributed by atoms with Crippen LogP contribution in [0.2, 0.25) is 0 Å². The van der Waals surface area contributed by atoms with Gasteiger partial charge in [-0.1, -0.05) is 24.3 Å². The van der Waals surface area contributed by atoms with Crippen LogP contribution in [0.4, 0.5) is 5.13 Å². The molecule has 1 N–H and O–H groups in total. The van der Waals surface area contributed by atoms with E-state index in [1.165, 1.54) is 28.0 Å². The molecule has 0 aliphatic rings. The van der Waals surface area contributed by atoms with Crippen LogP contribution < -0.4 is 5.32 Å². The number of aromatic nitrogens is 4. The van der Waals surface area contributed by atoms with Crippen molar-refractivity contribution in [2.75, 3.05) is 11.9 Å². The van der Waals surface area contributed by atoms with Gasteiger partial charge in [-0.05, 0) is 24.2 Å². The van der Waals surface area contributed by atoms with Gasteiger partial charge in [-0.3, -0.25) is 0 Å². The fourth-order valence-corrected chi connectivity index (χ4v) is 4.44. The van der Waals surface area contributed by atoms with Crippen molar-refractivity contribution < 1.29 is 0 Å². The number of hydrogen-bond acceptors (Lipinski definition) is 8. The van der Waals surface area contributed by atoms with Crippen LogP contribution >= 0.6 is 34.4 Å². The Kier molecular flexibility index (Phi) is 4.47. The van der Waals surface area contributed by atoms with Crippen molar-refractivity contribution in [3.63, 3.8) is 0 Å². The molecule has 0 aliphatic carbocycles. The van der Waals surface area contributed by atoms with Crippen molar-refractivity contribution in [2.45, 2.75) is 22.7 Å². The molecule has 8 heteroatoms. The maximum atomic E-state index is 4.38. The Balaban J connectivity index is 1.85. The summed E-state index contributed by atoms with van der Waals surface area (Å²) in [7, 11) is 0. The zero-order chi connectivity index (χ0) is 14.7. The molecule has 0 saturated carbocycles. The molecule has 21 heavy (non-hydrogen) atoms. The fourth-order valence-electron chi connectivity index (χ4n) is 1.70. The van der Waals surface area contributed by atoms with Crippen LogP contribution in [0.1, 0.15) is 11.8 Å². The van der Waals surface area contributed by atoms with Gasteiger partial charge in [0, 0.05) is 16.8 Å². The highest BCUT2D eigenvalue weighted by Gasteiger charge is 2.12. The van der Waals surface area contributed by atoms with E-state index in [0.717, 1.165) is 31.1 Å². The third-order valence-electron chi connectivity index (χ3n) is 2.68. The molecular weight excluding hydrogens is 322 g/mol. The molecule has 3 heterocycles. The SMILES string of the molecule is C=CCNc1nnc(Sc2ncnc3sc(CC)cc23)s1. The van der Waals surface area contributed by atoms with Gasteiger partial charge in [0.05, 0.1) is 0 Å². The number of anilines is 1. The highest BCUT2D eigenvalue weighted by Crippen LogP contribution is 2.36. The molecule has 3 aromatic heterocycles. The Labute approximate surface area is 134 Å². The van der Waals surface area contributed by atoms with Crippen molar-refractivity contribution in [1.82, 2.24) is 20.2 Å². The molecule has 0 radical (unpaired) electrons. The largest absolute Gasteiger partial charge is 0.357 e. The van der Waals surface area contributed by atoms with Crippen LogP contribution in [0.15, 0.2) is 34.4 Å². The second-order valence-electron chi connectivity index (χ2n) is 4.11. The number of thiophene rings is 1. The third kappa shape index (κ3) is 3.22. The smallest absolute Gasteiger partial charge is 0.206 e. The lowest BCUT2D eigenvalue weighted by Gasteiger charge is -1.97. The lowest BCUT2D eigenvalue weighted by molar-refractivity contribution is 1.00. The second kappa shape index (κ2) is 6.50. The molecule has 0 fully saturated rings. The predicted octanol–water partition coefficient (Wildman–Crippen LogP) is 3.85. The Morgan fingerprint density at radius 2 is 2.24 bits per heavy atom. The summed E-state index contributed by atoms with van der Waals surface area (Å²) >= 11 is 4.76. The summed E-state index contributed by atoms with van der Waals surface area (Å²) in [6.07, 6.45) is 4.41. The Morgan fingerprint density at radius 1 is 1.33 bits per heavy atom. The lowest BCUT2D eigenvalue weighted by atomic mass is 10.3. The van der Waals surface area contributed by atoms with Crippen molar-refractivity contribution in [3.8, 4) is 0 Å². The number of hydrogen-bond donors (Lipinski definition) is 1. The average Bonchev–Trinajstić information content (AvgIpc) is 3.12. The predicted molar refractivity (Wildman–Crippen MR) is 89.5 cm³/mol. The van der Waals surface area contributed by atoms with E-state index in [4.69, 9.17) is 0 Å². The summed E-state index contributed by atoms with van der Waals surface area (Å²) in [5.41, 5.74) is 0. The molecule has 3 aromatic rings. The summed E-state index contributed by atoms with van der Waals surface area (Å²) in [6.45, 7) is 6.50. The Morgan fingerprint density at radius 3 is 3.05 bits per heavy atom. The van der Waals surface area contributed by atoms with Gasteiger partial charge in [0.2, 0.25) is 5.13 Å². The van der Waals surface area contributed by atoms with E-state index >= 15 is 0 Å². The molecule has 0 amide bonds. The van der Waals surface area contributed by atoms with E-state index in [0.29, 0.717) is 6.54 Å². The zero-order valence-electron chi connectivity index (χ0n) is 11.4. The van der Waals surface area contributed by atoms with Gasteiger partial charge >= 0.3 is 0 Å². The number of nitrogens with zero attached hydrogens (tertiary/aromatic N) is 4. The second-order valence-corrected chi connectivity index (χ2v) is 7.44. The molecule has 0 bridgehead atoms. The summed E-state index contributed by atoms with van der Waals surface area (Å²) in [4.78, 5) is 11.1. The first-order valence-corrected chi connectivity index (χ1v) is 8.84. The van der Waals surface area contributed by atoms with Crippen LogP contribution in [0.5, 0.6) is 0 Å². The topological polar surface area (TPSA) is 63.6 Å². The van der Waals surface area contributed by atoms with Crippen LogP contribution in [0, 0.1) is 0 Å². The van der Waals surface area contributed by atoms with Gasteiger partial charge in [0.25, 0.3) is 0 Å². The van der Waals surface area contributed by atoms with Crippen LogP contribution in [-0.4, -0.2) is 26.7 Å². The summed E-state index contributed by atoms with van der Waals surface area (Å²) in [6, 6.07) is 2.17. The summed E-state index contributed by atoms with van der Waals surface area (Å²) in [5.74, 6) is 0. The molecule has 0 atom stereocenters. The molecule has 0 aromatic carbocycles. The first kappa shape index (κ1) is 14.4. The number of nitrogens with one attached hydrogen (secondary N) is 1. The molecule has 0 saturated heterocycles. The van der Waals surface area contributed by atoms with E-state index < -0.39 is 0 Å². The number of aryl methyl sites for hydroxylation is 1. The quantitative estimate of drug-likeness (QED) is 0.545. The van der Waals surface area contributed by atoms with Crippen molar-refractivity contribution >= 4 is 49.8 Å². The Bertz CT molecular complexity index is 764. The monoisotopic (exact) mass is 335 g/mol. The zero-order valence-corrected chi connectivity index (χ0v) is 13.8. The fraction of sp³-hybridized carbons (Fsp3) is 0.231. The highest BCUT2D eigenvalue weighted by molar-refractivity contribution is 8.01. The molecule has 108 valence electrons. The molecule has 3 rings (SSSR count). The van der Waals surface area contributed by atoms with E-state index in [1.807, 2.05) is 0 Å². The third-order valence-corrected chi connectivity index (χ3v) is 5.82. The van der Waals surface area contributed by atoms with Crippen LogP contribution in [0.3, 0.4) is 0 Å². The number of fused-ring (bicyclic) bond motifs is 1. The Hall–Kier alpha value is -1.51. The van der Waals surface area contributed by atoms with Crippen molar-refractivity contribution in [2.24, 2.45) is 0 Å². The molecule has 0 aliphatic heterocycles. The molecule has 0 unspecified atom stereocenters. The van der Waals surface area contributed by atoms with E-state index in [9.17, 15) is 0 Å². The van der Waals surface area contributed by atoms with E-state index in [2.05, 4.69) is 45.1 Å². The minimum atomic E-state index is 0.682. The minimum Gasteiger partial charge on any atom is -0.357 e. The van der Waals surface area contributed by atoms with Gasteiger partial charge in [0.15, 0.2) is 4.34 Å². The van der Waals surface area contributed by atoms with Gasteiger partial charge < -0.3 is 5.32 Å². The maximum absolute atomic E-state index is 4.38. The van der Waals surface area contributed by atoms with Gasteiger partial charge in [-0.2, -0.15) is 0 Å².